The summed E-state index contributed by atoms with van der Waals surface area (Å²) in [5, 5.41) is 0. The minimum atomic E-state index is 1.07. The van der Waals surface area contributed by atoms with Crippen LogP contribution >= 0.6 is 23.0 Å². The van der Waals surface area contributed by atoms with Gasteiger partial charge in [0, 0.05) is 6.42 Å². The molecule has 1 aliphatic carbocycles. The number of rotatable bonds is 1. The van der Waals surface area contributed by atoms with E-state index in [4.69, 9.17) is 3.07 Å². The van der Waals surface area contributed by atoms with Crippen molar-refractivity contribution >= 4 is 23.0 Å². The molecule has 0 radical (unpaired) electrons. The molecule has 1 nitrogen and oxygen atoms in total. The molecule has 2 heteroatoms. The maximum atomic E-state index is 5.16. The molecule has 0 aromatic carbocycles. The topological polar surface area (TPSA) is 9.23 Å². The second-order valence-corrected chi connectivity index (χ2v) is 3.11. The fourth-order valence-electron chi connectivity index (χ4n) is 1.13. The molecule has 0 N–H and O–H groups in total. The highest BCUT2D eigenvalue weighted by Crippen LogP contribution is 2.25. The molecule has 0 unspecified atom stereocenters. The van der Waals surface area contributed by atoms with Crippen LogP contribution in [0.5, 0.6) is 0 Å². The van der Waals surface area contributed by atoms with E-state index in [0.717, 1.165) is 18.6 Å². The van der Waals surface area contributed by atoms with Crippen molar-refractivity contribution in [3.05, 3.63) is 23.0 Å². The quantitative estimate of drug-likeness (QED) is 0.648. The van der Waals surface area contributed by atoms with Crippen LogP contribution in [0.15, 0.2) is 23.0 Å². The summed E-state index contributed by atoms with van der Waals surface area (Å²) in [6.45, 7) is 4.25. The Labute approximate surface area is 75.8 Å². The highest BCUT2D eigenvalue weighted by molar-refractivity contribution is 14.1. The second kappa shape index (κ2) is 3.42. The summed E-state index contributed by atoms with van der Waals surface area (Å²) < 4.78 is 5.16. The fourth-order valence-corrected chi connectivity index (χ4v) is 1.70. The van der Waals surface area contributed by atoms with E-state index in [2.05, 4.69) is 19.9 Å². The first kappa shape index (κ1) is 8.11. The Kier molecular flexibility index (Phi) is 2.77. The van der Waals surface area contributed by atoms with E-state index in [1.807, 2.05) is 23.0 Å². The smallest absolute Gasteiger partial charge is 0.192 e. The highest BCUT2D eigenvalue weighted by Gasteiger charge is 2.07. The molecule has 0 amide bonds. The van der Waals surface area contributed by atoms with E-state index in [1.165, 1.54) is 11.1 Å². The average molecular weight is 250 g/mol. The lowest BCUT2D eigenvalue weighted by atomic mass is 10.0. The molecule has 1 rings (SSSR count). The lowest BCUT2D eigenvalue weighted by Gasteiger charge is -2.12. The highest BCUT2D eigenvalue weighted by atomic mass is 127. The van der Waals surface area contributed by atoms with E-state index >= 15 is 0 Å². The van der Waals surface area contributed by atoms with Crippen molar-refractivity contribution in [3.63, 3.8) is 0 Å². The van der Waals surface area contributed by atoms with E-state index < -0.39 is 0 Å². The van der Waals surface area contributed by atoms with Crippen LogP contribution in [0, 0.1) is 0 Å². The molecule has 0 aliphatic heterocycles. The summed E-state index contributed by atoms with van der Waals surface area (Å²) in [7, 11) is 0. The minimum Gasteiger partial charge on any atom is -0.432 e. The maximum absolute atomic E-state index is 5.16. The van der Waals surface area contributed by atoms with Gasteiger partial charge in [0.25, 0.3) is 0 Å². The Bertz CT molecular complexity index is 191. The van der Waals surface area contributed by atoms with Crippen molar-refractivity contribution in [1.82, 2.24) is 0 Å². The molecule has 0 aromatic rings. The maximum Gasteiger partial charge on any atom is 0.192 e. The zero-order valence-electron chi connectivity index (χ0n) is 6.28. The summed E-state index contributed by atoms with van der Waals surface area (Å²) in [6.07, 6.45) is 4.41. The molecule has 56 valence electrons. The van der Waals surface area contributed by atoms with Gasteiger partial charge in [0.05, 0.1) is 0 Å². The second-order valence-electron chi connectivity index (χ2n) is 2.67. The number of hydrogen-bond donors (Lipinski definition) is 0. The molecule has 0 atom stereocenters. The molecule has 0 saturated heterocycles. The molecule has 10 heavy (non-hydrogen) atoms. The van der Waals surface area contributed by atoms with E-state index in [-0.39, 0.29) is 0 Å². The zero-order chi connectivity index (χ0) is 7.56. The van der Waals surface area contributed by atoms with Gasteiger partial charge < -0.3 is 3.07 Å². The van der Waals surface area contributed by atoms with Crippen molar-refractivity contribution < 1.29 is 3.07 Å². The Balaban J connectivity index is 2.80. The first-order valence-corrected chi connectivity index (χ1v) is 4.27. The first-order chi connectivity index (χ1) is 4.74. The number of allylic oxidation sites excluding steroid dienone is 4. The van der Waals surface area contributed by atoms with Gasteiger partial charge in [-0.2, -0.15) is 0 Å². The first-order valence-electron chi connectivity index (χ1n) is 3.39. The summed E-state index contributed by atoms with van der Waals surface area (Å²) in [4.78, 5) is 0. The molecule has 0 bridgehead atoms. The van der Waals surface area contributed by atoms with Crippen LogP contribution < -0.4 is 0 Å². The lowest BCUT2D eigenvalue weighted by Crippen LogP contribution is -1.94. The summed E-state index contributed by atoms with van der Waals surface area (Å²) >= 11 is 1.94. The number of halogens is 1. The summed E-state index contributed by atoms with van der Waals surface area (Å²) in [5.74, 6) is 1.13. The summed E-state index contributed by atoms with van der Waals surface area (Å²) in [6, 6.07) is 0. The Morgan fingerprint density at radius 3 is 2.60 bits per heavy atom. The predicted octanol–water partition coefficient (Wildman–Crippen LogP) is 3.37. The van der Waals surface area contributed by atoms with Crippen LogP contribution in [-0.4, -0.2) is 0 Å². The van der Waals surface area contributed by atoms with Crippen molar-refractivity contribution in [1.29, 1.82) is 0 Å². The summed E-state index contributed by atoms with van der Waals surface area (Å²) in [5.41, 5.74) is 2.73. The lowest BCUT2D eigenvalue weighted by molar-refractivity contribution is 0.511. The minimum absolute atomic E-state index is 1.07. The molecule has 0 aromatic heterocycles. The zero-order valence-corrected chi connectivity index (χ0v) is 8.44. The Morgan fingerprint density at radius 2 is 2.10 bits per heavy atom. The standard InChI is InChI=1S/C8H11IO/c1-6-3-4-8(10-9)7(2)5-6/h5H,3-4H2,1-2H3. The van der Waals surface area contributed by atoms with E-state index in [0.29, 0.717) is 0 Å². The molecule has 0 spiro atoms. The van der Waals surface area contributed by atoms with Crippen molar-refractivity contribution in [3.8, 4) is 0 Å². The molecular weight excluding hydrogens is 239 g/mol. The largest absolute Gasteiger partial charge is 0.432 e. The van der Waals surface area contributed by atoms with Gasteiger partial charge in [-0.1, -0.05) is 11.6 Å². The van der Waals surface area contributed by atoms with Crippen LogP contribution in [-0.2, 0) is 3.07 Å². The van der Waals surface area contributed by atoms with Gasteiger partial charge in [-0.05, 0) is 25.8 Å². The molecule has 0 fully saturated rings. The van der Waals surface area contributed by atoms with Crippen molar-refractivity contribution in [2.75, 3.05) is 0 Å². The third-order valence-corrected chi connectivity index (χ3v) is 2.27. The normalized spacial score (nSPS) is 18.9. The van der Waals surface area contributed by atoms with Crippen LogP contribution in [0.25, 0.3) is 0 Å². The fraction of sp³-hybridized carbons (Fsp3) is 0.500. The van der Waals surface area contributed by atoms with Gasteiger partial charge in [-0.3, -0.25) is 0 Å². The van der Waals surface area contributed by atoms with E-state index in [1.54, 1.807) is 0 Å². The molecule has 1 aliphatic rings. The Morgan fingerprint density at radius 1 is 1.40 bits per heavy atom. The van der Waals surface area contributed by atoms with Gasteiger partial charge in [-0.25, -0.2) is 0 Å². The third kappa shape index (κ3) is 1.75. The SMILES string of the molecule is CC1=CC(C)=C(OI)CC1. The van der Waals surface area contributed by atoms with Crippen molar-refractivity contribution in [2.24, 2.45) is 0 Å². The van der Waals surface area contributed by atoms with Gasteiger partial charge in [0.15, 0.2) is 23.0 Å². The van der Waals surface area contributed by atoms with Gasteiger partial charge in [-0.15, -0.1) is 0 Å². The Hall–Kier alpha value is 0.0100. The number of hydrogen-bond acceptors (Lipinski definition) is 1. The predicted molar refractivity (Wildman–Crippen MR) is 50.8 cm³/mol. The van der Waals surface area contributed by atoms with Crippen LogP contribution in [0.1, 0.15) is 26.7 Å². The third-order valence-electron chi connectivity index (χ3n) is 1.74. The van der Waals surface area contributed by atoms with Crippen LogP contribution in [0.2, 0.25) is 0 Å². The van der Waals surface area contributed by atoms with E-state index in [9.17, 15) is 0 Å². The van der Waals surface area contributed by atoms with Crippen LogP contribution in [0.4, 0.5) is 0 Å². The van der Waals surface area contributed by atoms with Gasteiger partial charge >= 0.3 is 0 Å². The van der Waals surface area contributed by atoms with Gasteiger partial charge in [0.2, 0.25) is 0 Å². The van der Waals surface area contributed by atoms with Gasteiger partial charge in [0.1, 0.15) is 5.76 Å². The molecule has 0 heterocycles. The van der Waals surface area contributed by atoms with Crippen LogP contribution in [0.3, 0.4) is 0 Å². The monoisotopic (exact) mass is 250 g/mol. The molecular formula is C8H11IO. The van der Waals surface area contributed by atoms with Crippen molar-refractivity contribution in [2.45, 2.75) is 26.7 Å². The average Bonchev–Trinajstić information content (AvgIpc) is 1.88. The molecule has 0 saturated carbocycles.